The van der Waals surface area contributed by atoms with E-state index in [2.05, 4.69) is 10.2 Å². The van der Waals surface area contributed by atoms with Crippen molar-refractivity contribution in [3.8, 4) is 5.75 Å². The Hall–Kier alpha value is -2.28. The van der Waals surface area contributed by atoms with E-state index in [1.54, 1.807) is 11.0 Å². The number of nitrogens with two attached hydrogens (primary N) is 1. The molecule has 0 radical (unpaired) electrons. The van der Waals surface area contributed by atoms with Gasteiger partial charge in [-0.2, -0.15) is 0 Å². The molecule has 1 saturated heterocycles. The fraction of sp³-hybridized carbons (Fsp3) is 0.529. The molecule has 7 nitrogen and oxygen atoms in total. The van der Waals surface area contributed by atoms with Crippen LogP contribution in [0, 0.1) is 0 Å². The lowest BCUT2D eigenvalue weighted by Crippen LogP contribution is -2.60. The number of nitrogens with zero attached hydrogens (tertiary/aromatic N) is 2. The van der Waals surface area contributed by atoms with Crippen molar-refractivity contribution in [1.82, 2.24) is 9.80 Å². The Morgan fingerprint density at radius 3 is 2.79 bits per heavy atom. The van der Waals surface area contributed by atoms with Gasteiger partial charge in [0.2, 0.25) is 5.91 Å². The molecule has 1 saturated carbocycles. The molecule has 1 aromatic rings. The van der Waals surface area contributed by atoms with Crippen LogP contribution in [0.3, 0.4) is 0 Å². The molecule has 3 N–H and O–H groups in total. The standard InChI is InChI=1S/C17H24N4O3/c1-2-24-14-5-3-4-12(10-14)19-17(23)20-8-9-21(13-6-7-13)15(11-20)16(18)22/h3-5,10,13,15H,2,6-9,11H2,1H3,(H2,18,22)(H,19,23). The van der Waals surface area contributed by atoms with Crippen molar-refractivity contribution in [3.05, 3.63) is 24.3 Å². The molecule has 1 aromatic carbocycles. The summed E-state index contributed by atoms with van der Waals surface area (Å²) in [5.41, 5.74) is 6.21. The molecular weight excluding hydrogens is 308 g/mol. The average Bonchev–Trinajstić information content (AvgIpc) is 3.39. The van der Waals surface area contributed by atoms with E-state index in [1.807, 2.05) is 25.1 Å². The van der Waals surface area contributed by atoms with Gasteiger partial charge in [0.25, 0.3) is 0 Å². The maximum atomic E-state index is 12.5. The van der Waals surface area contributed by atoms with Gasteiger partial charge in [0.1, 0.15) is 11.8 Å². The van der Waals surface area contributed by atoms with Gasteiger partial charge in [0.05, 0.1) is 6.61 Å². The number of ether oxygens (including phenoxy) is 1. The van der Waals surface area contributed by atoms with Crippen LogP contribution in [0.15, 0.2) is 24.3 Å². The van der Waals surface area contributed by atoms with Crippen molar-refractivity contribution in [2.24, 2.45) is 5.73 Å². The van der Waals surface area contributed by atoms with E-state index in [0.717, 1.165) is 12.8 Å². The quantitative estimate of drug-likeness (QED) is 0.849. The van der Waals surface area contributed by atoms with E-state index >= 15 is 0 Å². The molecule has 24 heavy (non-hydrogen) atoms. The summed E-state index contributed by atoms with van der Waals surface area (Å²) in [7, 11) is 0. The number of hydrogen-bond acceptors (Lipinski definition) is 4. The summed E-state index contributed by atoms with van der Waals surface area (Å²) in [6.07, 6.45) is 2.22. The van der Waals surface area contributed by atoms with Gasteiger partial charge in [0.15, 0.2) is 0 Å². The van der Waals surface area contributed by atoms with E-state index in [9.17, 15) is 9.59 Å². The first-order valence-electron chi connectivity index (χ1n) is 8.42. The summed E-state index contributed by atoms with van der Waals surface area (Å²) in [6.45, 7) is 4.10. The van der Waals surface area contributed by atoms with E-state index < -0.39 is 6.04 Å². The first-order chi connectivity index (χ1) is 11.6. The summed E-state index contributed by atoms with van der Waals surface area (Å²) in [5, 5.41) is 2.87. The van der Waals surface area contributed by atoms with E-state index in [0.29, 0.717) is 43.7 Å². The first kappa shape index (κ1) is 16.6. The highest BCUT2D eigenvalue weighted by molar-refractivity contribution is 5.90. The molecule has 1 heterocycles. The monoisotopic (exact) mass is 332 g/mol. The molecule has 0 aromatic heterocycles. The van der Waals surface area contributed by atoms with Crippen LogP contribution in [-0.4, -0.2) is 60.1 Å². The number of primary amides is 1. The van der Waals surface area contributed by atoms with Crippen molar-refractivity contribution >= 4 is 17.6 Å². The molecule has 130 valence electrons. The van der Waals surface area contributed by atoms with Crippen molar-refractivity contribution in [2.75, 3.05) is 31.6 Å². The van der Waals surface area contributed by atoms with Crippen LogP contribution in [0.25, 0.3) is 0 Å². The topological polar surface area (TPSA) is 87.9 Å². The Kier molecular flexibility index (Phi) is 4.89. The highest BCUT2D eigenvalue weighted by Crippen LogP contribution is 2.30. The number of benzene rings is 1. The number of rotatable bonds is 5. The van der Waals surface area contributed by atoms with Crippen LogP contribution in [0.2, 0.25) is 0 Å². The van der Waals surface area contributed by atoms with Crippen LogP contribution in [0.5, 0.6) is 5.75 Å². The molecule has 1 aliphatic carbocycles. The second-order valence-corrected chi connectivity index (χ2v) is 6.22. The number of piperazine rings is 1. The zero-order valence-corrected chi connectivity index (χ0v) is 13.9. The SMILES string of the molecule is CCOc1cccc(NC(=O)N2CCN(C3CC3)C(C(N)=O)C2)c1. The summed E-state index contributed by atoms with van der Waals surface area (Å²) in [6, 6.07) is 7.11. The van der Waals surface area contributed by atoms with E-state index in [1.165, 1.54) is 0 Å². The second kappa shape index (κ2) is 7.09. The van der Waals surface area contributed by atoms with E-state index in [-0.39, 0.29) is 11.9 Å². The van der Waals surface area contributed by atoms with Gasteiger partial charge in [-0.05, 0) is 31.9 Å². The predicted molar refractivity (Wildman–Crippen MR) is 90.9 cm³/mol. The Morgan fingerprint density at radius 1 is 1.33 bits per heavy atom. The third-order valence-electron chi connectivity index (χ3n) is 4.45. The number of amides is 3. The lowest BCUT2D eigenvalue weighted by molar-refractivity contribution is -0.125. The highest BCUT2D eigenvalue weighted by Gasteiger charge is 2.40. The van der Waals surface area contributed by atoms with Crippen molar-refractivity contribution in [2.45, 2.75) is 31.8 Å². The molecule has 1 unspecified atom stereocenters. The molecule has 2 aliphatic rings. The molecule has 2 fully saturated rings. The van der Waals surface area contributed by atoms with Gasteiger partial charge in [-0.15, -0.1) is 0 Å². The summed E-state index contributed by atoms with van der Waals surface area (Å²) in [4.78, 5) is 28.0. The van der Waals surface area contributed by atoms with Crippen LogP contribution < -0.4 is 15.8 Å². The average molecular weight is 332 g/mol. The third-order valence-corrected chi connectivity index (χ3v) is 4.45. The molecule has 3 amide bonds. The van der Waals surface area contributed by atoms with Crippen molar-refractivity contribution in [3.63, 3.8) is 0 Å². The maximum absolute atomic E-state index is 12.5. The first-order valence-corrected chi connectivity index (χ1v) is 8.42. The number of hydrogen-bond donors (Lipinski definition) is 2. The predicted octanol–water partition coefficient (Wildman–Crippen LogP) is 1.25. The largest absolute Gasteiger partial charge is 0.494 e. The molecular formula is C17H24N4O3. The van der Waals surface area contributed by atoms with Crippen LogP contribution in [0.1, 0.15) is 19.8 Å². The fourth-order valence-electron chi connectivity index (χ4n) is 3.11. The molecule has 7 heteroatoms. The Morgan fingerprint density at radius 2 is 2.12 bits per heavy atom. The smallest absolute Gasteiger partial charge is 0.321 e. The fourth-order valence-corrected chi connectivity index (χ4v) is 3.11. The minimum absolute atomic E-state index is 0.217. The minimum atomic E-state index is -0.397. The van der Waals surface area contributed by atoms with Crippen LogP contribution in [-0.2, 0) is 4.79 Å². The lowest BCUT2D eigenvalue weighted by atomic mass is 10.1. The molecule has 0 bridgehead atoms. The number of nitrogens with one attached hydrogen (secondary N) is 1. The molecule has 1 atom stereocenters. The molecule has 1 aliphatic heterocycles. The van der Waals surface area contributed by atoms with Gasteiger partial charge in [-0.25, -0.2) is 4.79 Å². The number of anilines is 1. The Labute approximate surface area is 141 Å². The molecule has 3 rings (SSSR count). The number of carbonyl (C=O) groups excluding carboxylic acids is 2. The van der Waals surface area contributed by atoms with Crippen LogP contribution >= 0.6 is 0 Å². The number of urea groups is 1. The zero-order chi connectivity index (χ0) is 17.1. The molecule has 0 spiro atoms. The van der Waals surface area contributed by atoms with Gasteiger partial charge in [0, 0.05) is 37.4 Å². The highest BCUT2D eigenvalue weighted by atomic mass is 16.5. The van der Waals surface area contributed by atoms with Gasteiger partial charge >= 0.3 is 6.03 Å². The Balaban J connectivity index is 1.62. The zero-order valence-electron chi connectivity index (χ0n) is 13.9. The van der Waals surface area contributed by atoms with Crippen molar-refractivity contribution < 1.29 is 14.3 Å². The summed E-state index contributed by atoms with van der Waals surface area (Å²) < 4.78 is 5.44. The minimum Gasteiger partial charge on any atom is -0.494 e. The summed E-state index contributed by atoms with van der Waals surface area (Å²) >= 11 is 0. The van der Waals surface area contributed by atoms with Gasteiger partial charge in [-0.3, -0.25) is 9.69 Å². The Bertz CT molecular complexity index is 618. The third kappa shape index (κ3) is 3.79. The normalized spacial score (nSPS) is 21.4. The number of carbonyl (C=O) groups is 2. The van der Waals surface area contributed by atoms with Gasteiger partial charge in [-0.1, -0.05) is 6.07 Å². The summed E-state index contributed by atoms with van der Waals surface area (Å²) in [5.74, 6) is 0.349. The second-order valence-electron chi connectivity index (χ2n) is 6.22. The lowest BCUT2D eigenvalue weighted by Gasteiger charge is -2.39. The van der Waals surface area contributed by atoms with E-state index in [4.69, 9.17) is 10.5 Å². The maximum Gasteiger partial charge on any atom is 0.321 e. The van der Waals surface area contributed by atoms with Crippen LogP contribution in [0.4, 0.5) is 10.5 Å². The van der Waals surface area contributed by atoms with Gasteiger partial charge < -0.3 is 20.7 Å². The van der Waals surface area contributed by atoms with Crippen molar-refractivity contribution in [1.29, 1.82) is 0 Å².